The molecule has 2 aromatic heterocycles. The summed E-state index contributed by atoms with van der Waals surface area (Å²) in [6, 6.07) is 4.75. The lowest BCUT2D eigenvalue weighted by Crippen LogP contribution is -1.93. The Hall–Kier alpha value is -2.90. The van der Waals surface area contributed by atoms with Crippen molar-refractivity contribution in [3.8, 4) is 23.0 Å². The maximum atomic E-state index is 9.86. The molecule has 0 aliphatic rings. The van der Waals surface area contributed by atoms with Gasteiger partial charge in [0.2, 0.25) is 5.89 Å². The van der Waals surface area contributed by atoms with Gasteiger partial charge in [0.1, 0.15) is 11.5 Å². The van der Waals surface area contributed by atoms with Gasteiger partial charge in [0.15, 0.2) is 11.6 Å². The van der Waals surface area contributed by atoms with Crippen LogP contribution >= 0.6 is 0 Å². The lowest BCUT2D eigenvalue weighted by molar-refractivity contribution is 0.387. The molecule has 0 fully saturated rings. The molecular weight excluding hydrogens is 276 g/mol. The summed E-state index contributed by atoms with van der Waals surface area (Å²) in [5, 5.41) is 17.5. The maximum Gasteiger partial charge on any atom is 0.261 e. The van der Waals surface area contributed by atoms with Gasteiger partial charge >= 0.3 is 0 Å². The van der Waals surface area contributed by atoms with E-state index in [0.29, 0.717) is 28.9 Å². The van der Waals surface area contributed by atoms with Crippen molar-refractivity contribution in [3.05, 3.63) is 35.7 Å². The number of ether oxygens (including phenoxy) is 1. The van der Waals surface area contributed by atoms with Gasteiger partial charge < -0.3 is 18.9 Å². The molecule has 3 aromatic rings. The highest BCUT2D eigenvalue weighted by Gasteiger charge is 2.15. The Morgan fingerprint density at radius 2 is 1.90 bits per heavy atom. The zero-order valence-corrected chi connectivity index (χ0v) is 11.4. The molecule has 0 saturated carbocycles. The highest BCUT2D eigenvalue weighted by Crippen LogP contribution is 2.31. The van der Waals surface area contributed by atoms with Crippen LogP contribution in [-0.4, -0.2) is 32.5 Å². The van der Waals surface area contributed by atoms with Crippen LogP contribution in [0.25, 0.3) is 11.5 Å². The fraction of sp³-hybridized carbons (Fsp3) is 0.231. The van der Waals surface area contributed by atoms with Crippen molar-refractivity contribution in [3.63, 3.8) is 0 Å². The molecule has 0 atom stereocenters. The third kappa shape index (κ3) is 2.69. The minimum Gasteiger partial charge on any atom is -0.507 e. The van der Waals surface area contributed by atoms with Gasteiger partial charge in [-0.2, -0.15) is 9.97 Å². The van der Waals surface area contributed by atoms with E-state index in [2.05, 4.69) is 20.3 Å². The highest BCUT2D eigenvalue weighted by molar-refractivity contribution is 5.64. The summed E-state index contributed by atoms with van der Waals surface area (Å²) in [7, 11) is 1.54. The third-order valence-electron chi connectivity index (χ3n) is 2.79. The zero-order chi connectivity index (χ0) is 14.8. The van der Waals surface area contributed by atoms with E-state index in [1.54, 1.807) is 19.1 Å². The Balaban J connectivity index is 1.87. The van der Waals surface area contributed by atoms with E-state index in [1.165, 1.54) is 13.2 Å². The number of nitrogens with zero attached hydrogens (tertiary/aromatic N) is 4. The fourth-order valence-corrected chi connectivity index (χ4v) is 1.80. The van der Waals surface area contributed by atoms with Crippen molar-refractivity contribution >= 4 is 0 Å². The van der Waals surface area contributed by atoms with Crippen molar-refractivity contribution in [2.45, 2.75) is 13.3 Å². The molecule has 0 bridgehead atoms. The summed E-state index contributed by atoms with van der Waals surface area (Å²) in [6.07, 6.45) is 0.283. The number of hydrogen-bond acceptors (Lipinski definition) is 8. The van der Waals surface area contributed by atoms with Crippen LogP contribution in [0.15, 0.2) is 27.2 Å². The first-order valence-electron chi connectivity index (χ1n) is 6.15. The number of aromatic nitrogens is 4. The van der Waals surface area contributed by atoms with Crippen LogP contribution in [0, 0.1) is 6.92 Å². The van der Waals surface area contributed by atoms with Crippen LogP contribution in [0.3, 0.4) is 0 Å². The van der Waals surface area contributed by atoms with Crippen LogP contribution in [0.5, 0.6) is 11.5 Å². The van der Waals surface area contributed by atoms with E-state index in [1.807, 2.05) is 0 Å². The Morgan fingerprint density at radius 3 is 2.62 bits per heavy atom. The quantitative estimate of drug-likeness (QED) is 0.773. The molecule has 0 radical (unpaired) electrons. The zero-order valence-electron chi connectivity index (χ0n) is 11.4. The van der Waals surface area contributed by atoms with Gasteiger partial charge in [-0.3, -0.25) is 0 Å². The van der Waals surface area contributed by atoms with E-state index in [4.69, 9.17) is 13.8 Å². The Kier molecular flexibility index (Phi) is 3.27. The molecular formula is C13H12N4O4. The number of rotatable bonds is 4. The predicted octanol–water partition coefficient (Wildman–Crippen LogP) is 1.73. The van der Waals surface area contributed by atoms with E-state index in [0.717, 1.165) is 0 Å². The summed E-state index contributed by atoms with van der Waals surface area (Å²) in [6.45, 7) is 1.70. The number of phenolic OH excluding ortho intramolecular Hbond substituents is 1. The third-order valence-corrected chi connectivity index (χ3v) is 2.79. The first-order valence-corrected chi connectivity index (χ1v) is 6.15. The van der Waals surface area contributed by atoms with E-state index >= 15 is 0 Å². The molecule has 108 valence electrons. The van der Waals surface area contributed by atoms with Crippen molar-refractivity contribution in [1.29, 1.82) is 0 Å². The molecule has 3 rings (SSSR count). The fourth-order valence-electron chi connectivity index (χ4n) is 1.80. The van der Waals surface area contributed by atoms with Crippen LogP contribution < -0.4 is 4.74 Å². The Bertz CT molecular complexity index is 765. The number of aromatic hydroxyl groups is 1. The molecule has 2 heterocycles. The van der Waals surface area contributed by atoms with Crippen molar-refractivity contribution in [2.24, 2.45) is 0 Å². The smallest absolute Gasteiger partial charge is 0.261 e. The number of benzene rings is 1. The SMILES string of the molecule is COc1ccc(O)c(-c2nc(Cc3noc(C)n3)no2)c1. The van der Waals surface area contributed by atoms with E-state index in [-0.39, 0.29) is 18.1 Å². The number of methoxy groups -OCH3 is 1. The molecule has 0 amide bonds. The highest BCUT2D eigenvalue weighted by atomic mass is 16.5. The van der Waals surface area contributed by atoms with Crippen LogP contribution in [0.4, 0.5) is 0 Å². The van der Waals surface area contributed by atoms with Crippen molar-refractivity contribution in [1.82, 2.24) is 20.3 Å². The molecule has 0 saturated heterocycles. The van der Waals surface area contributed by atoms with Gasteiger partial charge in [0.25, 0.3) is 5.89 Å². The van der Waals surface area contributed by atoms with Gasteiger partial charge in [-0.05, 0) is 18.2 Å². The molecule has 1 aromatic carbocycles. The van der Waals surface area contributed by atoms with Gasteiger partial charge in [-0.15, -0.1) is 0 Å². The second-order valence-corrected chi connectivity index (χ2v) is 4.31. The number of hydrogen-bond donors (Lipinski definition) is 1. The van der Waals surface area contributed by atoms with Gasteiger partial charge in [-0.25, -0.2) is 0 Å². The Morgan fingerprint density at radius 1 is 1.14 bits per heavy atom. The monoisotopic (exact) mass is 288 g/mol. The first-order chi connectivity index (χ1) is 10.2. The molecule has 8 nitrogen and oxygen atoms in total. The first kappa shape index (κ1) is 13.1. The molecule has 1 N–H and O–H groups in total. The molecule has 0 spiro atoms. The molecule has 8 heteroatoms. The molecule has 0 unspecified atom stereocenters. The lowest BCUT2D eigenvalue weighted by Gasteiger charge is -2.02. The summed E-state index contributed by atoms with van der Waals surface area (Å²) in [5.41, 5.74) is 0.400. The second-order valence-electron chi connectivity index (χ2n) is 4.31. The topological polar surface area (TPSA) is 107 Å². The van der Waals surface area contributed by atoms with Gasteiger partial charge in [0, 0.05) is 6.92 Å². The average Bonchev–Trinajstić information content (AvgIpc) is 3.09. The Labute approximate surface area is 119 Å². The molecule has 0 aliphatic heterocycles. The largest absolute Gasteiger partial charge is 0.507 e. The number of aryl methyl sites for hydroxylation is 1. The summed E-state index contributed by atoms with van der Waals surface area (Å²) in [5.74, 6) is 2.14. The van der Waals surface area contributed by atoms with Crippen molar-refractivity contribution < 1.29 is 18.9 Å². The predicted molar refractivity (Wildman–Crippen MR) is 69.8 cm³/mol. The van der Waals surface area contributed by atoms with Crippen LogP contribution in [0.1, 0.15) is 17.5 Å². The second kappa shape index (κ2) is 5.23. The lowest BCUT2D eigenvalue weighted by atomic mass is 10.2. The standard InChI is InChI=1S/C13H12N4O4/c1-7-14-11(16-20-7)6-12-15-13(21-17-12)9-5-8(19-2)3-4-10(9)18/h3-5,18H,6H2,1-2H3. The minimum absolute atomic E-state index is 0.0291. The summed E-state index contributed by atoms with van der Waals surface area (Å²) in [4.78, 5) is 8.27. The molecule has 0 aliphatic carbocycles. The van der Waals surface area contributed by atoms with Crippen LogP contribution in [0.2, 0.25) is 0 Å². The van der Waals surface area contributed by atoms with Crippen molar-refractivity contribution in [2.75, 3.05) is 7.11 Å². The van der Waals surface area contributed by atoms with E-state index in [9.17, 15) is 5.11 Å². The van der Waals surface area contributed by atoms with Gasteiger partial charge in [-0.1, -0.05) is 10.3 Å². The van der Waals surface area contributed by atoms with Crippen LogP contribution in [-0.2, 0) is 6.42 Å². The number of phenols is 1. The normalized spacial score (nSPS) is 10.8. The molecule has 21 heavy (non-hydrogen) atoms. The minimum atomic E-state index is 0.0291. The average molecular weight is 288 g/mol. The summed E-state index contributed by atoms with van der Waals surface area (Å²) >= 11 is 0. The summed E-state index contributed by atoms with van der Waals surface area (Å²) < 4.78 is 15.1. The van der Waals surface area contributed by atoms with E-state index < -0.39 is 0 Å². The maximum absolute atomic E-state index is 9.86. The van der Waals surface area contributed by atoms with Gasteiger partial charge in [0.05, 0.1) is 19.1 Å².